The Balaban J connectivity index is 2.36. The van der Waals surface area contributed by atoms with Crippen molar-refractivity contribution in [2.75, 3.05) is 18.1 Å². The Morgan fingerprint density at radius 2 is 2.13 bits per heavy atom. The largest absolute Gasteiger partial charge is 0.352 e. The first-order valence-electron chi connectivity index (χ1n) is 5.13. The maximum Gasteiger partial charge on any atom is 0.235 e. The van der Waals surface area contributed by atoms with E-state index >= 15 is 0 Å². The van der Waals surface area contributed by atoms with Crippen LogP contribution in [0.5, 0.6) is 0 Å². The third kappa shape index (κ3) is 5.13. The molecule has 0 spiro atoms. The molecule has 1 rings (SSSR count). The molecule has 1 aliphatic carbocycles. The van der Waals surface area contributed by atoms with E-state index in [0.29, 0.717) is 6.54 Å². The molecule has 0 aromatic carbocycles. The Kier molecular flexibility index (Phi) is 4.10. The van der Waals surface area contributed by atoms with Gasteiger partial charge in [0.15, 0.2) is 9.84 Å². The summed E-state index contributed by atoms with van der Waals surface area (Å²) in [5.41, 5.74) is 5.34. The number of rotatable bonds is 6. The first kappa shape index (κ1) is 12.4. The molecule has 1 atom stereocenters. The molecule has 88 valence electrons. The van der Waals surface area contributed by atoms with E-state index in [2.05, 4.69) is 5.32 Å². The van der Waals surface area contributed by atoms with Crippen LogP contribution in [0.15, 0.2) is 0 Å². The normalized spacial score (nSPS) is 18.5. The molecule has 5 nitrogen and oxygen atoms in total. The lowest BCUT2D eigenvalue weighted by atomic mass is 10.2. The zero-order valence-electron chi connectivity index (χ0n) is 8.90. The molecule has 0 aromatic heterocycles. The number of hydrogen-bond acceptors (Lipinski definition) is 4. The van der Waals surface area contributed by atoms with Gasteiger partial charge < -0.3 is 11.1 Å². The van der Waals surface area contributed by atoms with E-state index in [-0.39, 0.29) is 23.6 Å². The lowest BCUT2D eigenvalue weighted by Gasteiger charge is -2.09. The molecule has 0 heterocycles. The molecule has 0 radical (unpaired) electrons. The van der Waals surface area contributed by atoms with E-state index in [1.165, 1.54) is 0 Å². The van der Waals surface area contributed by atoms with Crippen LogP contribution in [0.3, 0.4) is 0 Å². The van der Waals surface area contributed by atoms with Crippen LogP contribution in [0.4, 0.5) is 0 Å². The van der Waals surface area contributed by atoms with Crippen LogP contribution in [0.25, 0.3) is 0 Å². The van der Waals surface area contributed by atoms with Gasteiger partial charge in [-0.05, 0) is 25.3 Å². The monoisotopic (exact) mass is 234 g/mol. The van der Waals surface area contributed by atoms with Gasteiger partial charge in [0.1, 0.15) is 5.75 Å². The number of hydrogen-bond donors (Lipinski definition) is 2. The van der Waals surface area contributed by atoms with Crippen molar-refractivity contribution in [1.29, 1.82) is 0 Å². The number of carbonyl (C=O) groups is 1. The lowest BCUT2D eigenvalue weighted by Crippen LogP contribution is -2.34. The molecule has 0 bridgehead atoms. The van der Waals surface area contributed by atoms with Crippen molar-refractivity contribution in [2.24, 2.45) is 11.7 Å². The van der Waals surface area contributed by atoms with E-state index < -0.39 is 15.6 Å². The zero-order valence-corrected chi connectivity index (χ0v) is 9.72. The number of amides is 1. The number of sulfone groups is 1. The minimum Gasteiger partial charge on any atom is -0.352 e. The molecule has 1 amide bonds. The van der Waals surface area contributed by atoms with E-state index in [0.717, 1.165) is 12.8 Å². The summed E-state index contributed by atoms with van der Waals surface area (Å²) in [5, 5.41) is 2.65. The quantitative estimate of drug-likeness (QED) is 0.634. The van der Waals surface area contributed by atoms with Gasteiger partial charge in [-0.25, -0.2) is 8.42 Å². The molecular formula is C9H18N2O3S. The van der Waals surface area contributed by atoms with Crippen molar-refractivity contribution in [2.45, 2.75) is 25.8 Å². The average Bonchev–Trinajstić information content (AvgIpc) is 2.85. The summed E-state index contributed by atoms with van der Waals surface area (Å²) in [6.45, 7) is 2.08. The average molecular weight is 234 g/mol. The molecule has 1 aliphatic rings. The van der Waals surface area contributed by atoms with Crippen molar-refractivity contribution in [3.8, 4) is 0 Å². The Morgan fingerprint density at radius 3 is 2.60 bits per heavy atom. The minimum absolute atomic E-state index is 0.0123. The predicted octanol–water partition coefficient (Wildman–Crippen LogP) is -0.725. The van der Waals surface area contributed by atoms with Crippen LogP contribution < -0.4 is 11.1 Å². The van der Waals surface area contributed by atoms with Gasteiger partial charge in [-0.3, -0.25) is 4.79 Å². The maximum atomic E-state index is 11.5. The molecule has 3 N–H and O–H groups in total. The SMILES string of the molecule is CC(CN)CS(=O)(=O)CC(=O)NC1CC1. The fraction of sp³-hybridized carbons (Fsp3) is 0.889. The second-order valence-corrected chi connectivity index (χ2v) is 6.35. The van der Waals surface area contributed by atoms with E-state index in [1.807, 2.05) is 0 Å². The van der Waals surface area contributed by atoms with E-state index in [1.54, 1.807) is 6.92 Å². The summed E-state index contributed by atoms with van der Waals surface area (Å²) < 4.78 is 23.0. The van der Waals surface area contributed by atoms with E-state index in [4.69, 9.17) is 5.73 Å². The Morgan fingerprint density at radius 1 is 1.53 bits per heavy atom. The van der Waals surface area contributed by atoms with Gasteiger partial charge in [-0.1, -0.05) is 6.92 Å². The third-order valence-corrected chi connectivity index (χ3v) is 4.01. The Hall–Kier alpha value is -0.620. The molecule has 1 fully saturated rings. The predicted molar refractivity (Wildman–Crippen MR) is 58.0 cm³/mol. The molecule has 0 aliphatic heterocycles. The Labute approximate surface area is 90.3 Å². The van der Waals surface area contributed by atoms with Gasteiger partial charge in [0.2, 0.25) is 5.91 Å². The molecule has 0 aromatic rings. The van der Waals surface area contributed by atoms with Crippen molar-refractivity contribution < 1.29 is 13.2 Å². The van der Waals surface area contributed by atoms with Gasteiger partial charge in [-0.2, -0.15) is 0 Å². The van der Waals surface area contributed by atoms with Crippen LogP contribution in [0.2, 0.25) is 0 Å². The second kappa shape index (κ2) is 4.94. The standard InChI is InChI=1S/C9H18N2O3S/c1-7(4-10)5-15(13,14)6-9(12)11-8-2-3-8/h7-8H,2-6,10H2,1H3,(H,11,12). The van der Waals surface area contributed by atoms with Gasteiger partial charge in [0.25, 0.3) is 0 Å². The Bertz CT molecular complexity index is 322. The molecule has 1 saturated carbocycles. The summed E-state index contributed by atoms with van der Waals surface area (Å²) >= 11 is 0. The highest BCUT2D eigenvalue weighted by atomic mass is 32.2. The van der Waals surface area contributed by atoms with Crippen molar-refractivity contribution in [3.05, 3.63) is 0 Å². The van der Waals surface area contributed by atoms with Crippen LogP contribution >= 0.6 is 0 Å². The van der Waals surface area contributed by atoms with Crippen molar-refractivity contribution in [3.63, 3.8) is 0 Å². The molecule has 15 heavy (non-hydrogen) atoms. The third-order valence-electron chi connectivity index (χ3n) is 2.23. The summed E-state index contributed by atoms with van der Waals surface area (Å²) in [7, 11) is -3.30. The fourth-order valence-corrected chi connectivity index (χ4v) is 2.86. The van der Waals surface area contributed by atoms with Crippen LogP contribution in [0, 0.1) is 5.92 Å². The number of nitrogens with two attached hydrogens (primary N) is 1. The van der Waals surface area contributed by atoms with Crippen LogP contribution in [-0.2, 0) is 14.6 Å². The van der Waals surface area contributed by atoms with Crippen LogP contribution in [0.1, 0.15) is 19.8 Å². The topological polar surface area (TPSA) is 89.3 Å². The lowest BCUT2D eigenvalue weighted by molar-refractivity contribution is -0.118. The highest BCUT2D eigenvalue weighted by Crippen LogP contribution is 2.18. The van der Waals surface area contributed by atoms with E-state index in [9.17, 15) is 13.2 Å². The zero-order chi connectivity index (χ0) is 11.5. The highest BCUT2D eigenvalue weighted by molar-refractivity contribution is 7.92. The highest BCUT2D eigenvalue weighted by Gasteiger charge is 2.26. The summed E-state index contributed by atoms with van der Waals surface area (Å²) in [5.74, 6) is -0.902. The second-order valence-electron chi connectivity index (χ2n) is 4.24. The van der Waals surface area contributed by atoms with Crippen molar-refractivity contribution >= 4 is 15.7 Å². The summed E-state index contributed by atoms with van der Waals surface area (Å²) in [4.78, 5) is 11.3. The van der Waals surface area contributed by atoms with Crippen molar-refractivity contribution in [1.82, 2.24) is 5.32 Å². The maximum absolute atomic E-state index is 11.5. The molecule has 1 unspecified atom stereocenters. The number of nitrogens with one attached hydrogen (secondary N) is 1. The molecule has 0 saturated heterocycles. The summed E-state index contributed by atoms with van der Waals surface area (Å²) in [6, 6.07) is 0.208. The van der Waals surface area contributed by atoms with Crippen LogP contribution in [-0.4, -0.2) is 38.4 Å². The van der Waals surface area contributed by atoms with Gasteiger partial charge in [0.05, 0.1) is 5.75 Å². The molecular weight excluding hydrogens is 216 g/mol. The van der Waals surface area contributed by atoms with Gasteiger partial charge in [-0.15, -0.1) is 0 Å². The number of carbonyl (C=O) groups excluding carboxylic acids is 1. The van der Waals surface area contributed by atoms with Gasteiger partial charge >= 0.3 is 0 Å². The molecule has 6 heteroatoms. The first-order chi connectivity index (χ1) is 6.93. The minimum atomic E-state index is -3.30. The van der Waals surface area contributed by atoms with Gasteiger partial charge in [0, 0.05) is 6.04 Å². The summed E-state index contributed by atoms with van der Waals surface area (Å²) in [6.07, 6.45) is 1.93. The smallest absolute Gasteiger partial charge is 0.235 e. The fourth-order valence-electron chi connectivity index (χ4n) is 1.26. The first-order valence-corrected chi connectivity index (χ1v) is 6.95.